The average molecular weight is 323 g/mol. The highest BCUT2D eigenvalue weighted by Gasteiger charge is 2.34. The largest absolute Gasteiger partial charge is 0.359 e. The fourth-order valence-electron chi connectivity index (χ4n) is 3.85. The molecular formula is C19H25N5. The summed E-state index contributed by atoms with van der Waals surface area (Å²) in [5, 5.41) is 0. The lowest BCUT2D eigenvalue weighted by Gasteiger charge is -2.29. The van der Waals surface area contributed by atoms with Crippen LogP contribution in [0.2, 0.25) is 0 Å². The zero-order chi connectivity index (χ0) is 16.5. The fourth-order valence-corrected chi connectivity index (χ4v) is 3.85. The van der Waals surface area contributed by atoms with Gasteiger partial charge in [-0.15, -0.1) is 0 Å². The van der Waals surface area contributed by atoms with E-state index in [1.807, 2.05) is 30.7 Å². The molecule has 5 nitrogen and oxygen atoms in total. The number of aromatic nitrogens is 3. The smallest absolute Gasteiger partial charge is 0.133 e. The van der Waals surface area contributed by atoms with Gasteiger partial charge in [0.05, 0.1) is 0 Å². The van der Waals surface area contributed by atoms with E-state index in [1.54, 1.807) is 0 Å². The van der Waals surface area contributed by atoms with Crippen molar-refractivity contribution in [2.75, 3.05) is 32.1 Å². The molecule has 0 spiro atoms. The first-order valence-electron chi connectivity index (χ1n) is 8.86. The van der Waals surface area contributed by atoms with Crippen LogP contribution >= 0.6 is 0 Å². The summed E-state index contributed by atoms with van der Waals surface area (Å²) in [6, 6.07) is 6.70. The molecular weight excluding hydrogens is 298 g/mol. The summed E-state index contributed by atoms with van der Waals surface area (Å²) in [7, 11) is 4.37. The summed E-state index contributed by atoms with van der Waals surface area (Å²) in [6.07, 6.45) is 9.45. The van der Waals surface area contributed by atoms with Crippen LogP contribution in [0, 0.1) is 5.92 Å². The molecule has 24 heavy (non-hydrogen) atoms. The zero-order valence-electron chi connectivity index (χ0n) is 14.5. The summed E-state index contributed by atoms with van der Waals surface area (Å²) < 4.78 is 0. The van der Waals surface area contributed by atoms with E-state index in [0.29, 0.717) is 17.9 Å². The molecule has 2 atom stereocenters. The van der Waals surface area contributed by atoms with Gasteiger partial charge < -0.3 is 4.90 Å². The molecule has 0 aromatic carbocycles. The van der Waals surface area contributed by atoms with Gasteiger partial charge >= 0.3 is 0 Å². The van der Waals surface area contributed by atoms with Crippen molar-refractivity contribution >= 4 is 5.82 Å². The van der Waals surface area contributed by atoms with Crippen LogP contribution in [-0.4, -0.2) is 47.0 Å². The Morgan fingerprint density at radius 3 is 2.83 bits per heavy atom. The van der Waals surface area contributed by atoms with Gasteiger partial charge in [0, 0.05) is 44.1 Å². The minimum atomic E-state index is 0.436. The van der Waals surface area contributed by atoms with Gasteiger partial charge in [-0.1, -0.05) is 6.07 Å². The second-order valence-electron chi connectivity index (χ2n) is 7.19. The number of pyridine rings is 1. The van der Waals surface area contributed by atoms with Gasteiger partial charge in [0.25, 0.3) is 0 Å². The van der Waals surface area contributed by atoms with Crippen LogP contribution in [0.4, 0.5) is 5.82 Å². The highest BCUT2D eigenvalue weighted by molar-refractivity contribution is 5.37. The third-order valence-corrected chi connectivity index (χ3v) is 5.30. The van der Waals surface area contributed by atoms with Crippen molar-refractivity contribution in [1.82, 2.24) is 19.9 Å². The van der Waals surface area contributed by atoms with E-state index >= 15 is 0 Å². The van der Waals surface area contributed by atoms with Crippen molar-refractivity contribution < 1.29 is 0 Å². The summed E-state index contributed by atoms with van der Waals surface area (Å²) >= 11 is 0. The Balaban J connectivity index is 1.50. The third-order valence-electron chi connectivity index (χ3n) is 5.30. The van der Waals surface area contributed by atoms with Crippen molar-refractivity contribution in [3.8, 4) is 0 Å². The Bertz CT molecular complexity index is 685. The van der Waals surface area contributed by atoms with Crippen LogP contribution in [0.5, 0.6) is 0 Å². The quantitative estimate of drug-likeness (QED) is 0.846. The highest BCUT2D eigenvalue weighted by atomic mass is 15.2. The van der Waals surface area contributed by atoms with Crippen molar-refractivity contribution in [2.45, 2.75) is 31.2 Å². The van der Waals surface area contributed by atoms with Crippen molar-refractivity contribution in [3.05, 3.63) is 48.2 Å². The Morgan fingerprint density at radius 1 is 1.21 bits per heavy atom. The summed E-state index contributed by atoms with van der Waals surface area (Å²) in [5.41, 5.74) is 1.32. The Kier molecular flexibility index (Phi) is 4.19. The molecule has 1 aliphatic carbocycles. The topological polar surface area (TPSA) is 45.2 Å². The maximum absolute atomic E-state index is 4.78. The first-order valence-corrected chi connectivity index (χ1v) is 8.86. The van der Waals surface area contributed by atoms with E-state index < -0.39 is 0 Å². The normalized spacial score (nSPS) is 24.2. The van der Waals surface area contributed by atoms with Gasteiger partial charge in [-0.3, -0.25) is 9.88 Å². The molecule has 2 aliphatic rings. The lowest BCUT2D eigenvalue weighted by atomic mass is 9.94. The van der Waals surface area contributed by atoms with Crippen molar-refractivity contribution in [3.63, 3.8) is 0 Å². The van der Waals surface area contributed by atoms with Gasteiger partial charge in [-0.2, -0.15) is 0 Å². The minimum Gasteiger partial charge on any atom is -0.359 e. The lowest BCUT2D eigenvalue weighted by molar-refractivity contribution is 0.278. The second-order valence-corrected chi connectivity index (χ2v) is 7.19. The molecule has 5 heteroatoms. The molecule has 0 bridgehead atoms. The summed E-state index contributed by atoms with van der Waals surface area (Å²) in [5.74, 6) is 3.25. The Morgan fingerprint density at radius 2 is 2.08 bits per heavy atom. The standard InChI is InChI=1S/C19H25N5/c1-23-11-8-16(18(23)15-4-3-9-20-12-15)13-24(2)17-7-10-21-19(22-17)14-5-6-14/h3-4,7,9-10,12,14,16,18H,5-6,8,11,13H2,1-2H3/t16-,18-/m0/s1. The number of hydrogen-bond acceptors (Lipinski definition) is 5. The maximum atomic E-state index is 4.78. The van der Waals surface area contributed by atoms with E-state index in [1.165, 1.54) is 24.8 Å². The minimum absolute atomic E-state index is 0.436. The number of hydrogen-bond donors (Lipinski definition) is 0. The van der Waals surface area contributed by atoms with Crippen molar-refractivity contribution in [2.24, 2.45) is 5.92 Å². The monoisotopic (exact) mass is 323 g/mol. The average Bonchev–Trinajstić information content (AvgIpc) is 3.40. The van der Waals surface area contributed by atoms with E-state index in [4.69, 9.17) is 4.98 Å². The van der Waals surface area contributed by atoms with E-state index in [-0.39, 0.29) is 0 Å². The van der Waals surface area contributed by atoms with E-state index in [9.17, 15) is 0 Å². The third kappa shape index (κ3) is 3.13. The van der Waals surface area contributed by atoms with Gasteiger partial charge in [0.15, 0.2) is 0 Å². The molecule has 0 N–H and O–H groups in total. The number of likely N-dealkylation sites (tertiary alicyclic amines) is 1. The Hall–Kier alpha value is -2.01. The summed E-state index contributed by atoms with van der Waals surface area (Å²) in [6.45, 7) is 2.14. The predicted octanol–water partition coefficient (Wildman–Crippen LogP) is 2.88. The highest BCUT2D eigenvalue weighted by Crippen LogP contribution is 2.39. The van der Waals surface area contributed by atoms with Crippen LogP contribution in [0.3, 0.4) is 0 Å². The molecule has 0 radical (unpaired) electrons. The molecule has 126 valence electrons. The molecule has 2 fully saturated rings. The van der Waals surface area contributed by atoms with Crippen LogP contribution in [0.15, 0.2) is 36.8 Å². The van der Waals surface area contributed by atoms with Gasteiger partial charge in [-0.05, 0) is 56.5 Å². The van der Waals surface area contributed by atoms with Crippen LogP contribution in [-0.2, 0) is 0 Å². The number of rotatable bonds is 5. The predicted molar refractivity (Wildman–Crippen MR) is 95.0 cm³/mol. The van der Waals surface area contributed by atoms with Gasteiger partial charge in [0.1, 0.15) is 11.6 Å². The lowest BCUT2D eigenvalue weighted by Crippen LogP contribution is -2.30. The van der Waals surface area contributed by atoms with Crippen LogP contribution in [0.1, 0.15) is 42.6 Å². The number of anilines is 1. The number of nitrogens with zero attached hydrogens (tertiary/aromatic N) is 5. The molecule has 2 aromatic heterocycles. The molecule has 0 unspecified atom stereocenters. The van der Waals surface area contributed by atoms with E-state index in [0.717, 1.165) is 24.7 Å². The first-order chi connectivity index (χ1) is 11.7. The molecule has 1 saturated heterocycles. The SMILES string of the molecule is CN(C[C@@H]1CCN(C)[C@H]1c1cccnc1)c1ccnc(C2CC2)n1. The van der Waals surface area contributed by atoms with Crippen LogP contribution in [0.25, 0.3) is 0 Å². The molecule has 4 rings (SSSR count). The first kappa shape index (κ1) is 15.5. The molecule has 3 heterocycles. The summed E-state index contributed by atoms with van der Waals surface area (Å²) in [4.78, 5) is 18.3. The second kappa shape index (κ2) is 6.48. The molecule has 2 aromatic rings. The molecule has 1 saturated carbocycles. The fraction of sp³-hybridized carbons (Fsp3) is 0.526. The van der Waals surface area contributed by atoms with Gasteiger partial charge in [-0.25, -0.2) is 9.97 Å². The Labute approximate surface area is 143 Å². The van der Waals surface area contributed by atoms with Crippen LogP contribution < -0.4 is 4.90 Å². The van der Waals surface area contributed by atoms with Gasteiger partial charge in [0.2, 0.25) is 0 Å². The zero-order valence-corrected chi connectivity index (χ0v) is 14.5. The molecule has 1 aliphatic heterocycles. The van der Waals surface area contributed by atoms with Crippen molar-refractivity contribution in [1.29, 1.82) is 0 Å². The van der Waals surface area contributed by atoms with E-state index in [2.05, 4.69) is 39.9 Å². The molecule has 0 amide bonds. The maximum Gasteiger partial charge on any atom is 0.133 e.